The molecule has 0 spiro atoms. The number of likely N-dealkylation sites (tertiary alicyclic amines) is 1. The van der Waals surface area contributed by atoms with Gasteiger partial charge >= 0.3 is 0 Å². The van der Waals surface area contributed by atoms with Crippen LogP contribution in [0.15, 0.2) is 12.2 Å². The van der Waals surface area contributed by atoms with Crippen LogP contribution in [0.3, 0.4) is 0 Å². The van der Waals surface area contributed by atoms with Gasteiger partial charge in [0.05, 0.1) is 0 Å². The van der Waals surface area contributed by atoms with Gasteiger partial charge in [0, 0.05) is 37.3 Å². The zero-order valence-corrected chi connectivity index (χ0v) is 10.6. The lowest BCUT2D eigenvalue weighted by atomic mass is 9.96. The fourth-order valence-corrected chi connectivity index (χ4v) is 2.86. The van der Waals surface area contributed by atoms with E-state index in [1.54, 1.807) is 0 Å². The van der Waals surface area contributed by atoms with Crippen LogP contribution >= 0.6 is 0 Å². The first-order valence-corrected chi connectivity index (χ1v) is 6.52. The van der Waals surface area contributed by atoms with Gasteiger partial charge in [-0.3, -0.25) is 4.90 Å². The van der Waals surface area contributed by atoms with Crippen LogP contribution in [0.25, 0.3) is 0 Å². The first-order chi connectivity index (χ1) is 7.65. The summed E-state index contributed by atoms with van der Waals surface area (Å²) >= 11 is 0. The van der Waals surface area contributed by atoms with E-state index in [1.807, 2.05) is 0 Å². The topological polar surface area (TPSA) is 41.3 Å². The predicted octanol–water partition coefficient (Wildman–Crippen LogP) is 1.11. The Hall–Kier alpha value is -0.380. The Kier molecular flexibility index (Phi) is 3.67. The smallest absolute Gasteiger partial charge is 0.0447 e. The summed E-state index contributed by atoms with van der Waals surface area (Å²) in [6, 6.07) is 1.26. The first kappa shape index (κ1) is 12.1. The summed E-state index contributed by atoms with van der Waals surface area (Å²) in [4.78, 5) is 2.53. The third-order valence-electron chi connectivity index (χ3n) is 4.02. The summed E-state index contributed by atoms with van der Waals surface area (Å²) in [6.45, 7) is 7.58. The summed E-state index contributed by atoms with van der Waals surface area (Å²) in [5.74, 6) is 0. The highest BCUT2D eigenvalue weighted by Gasteiger charge is 2.38. The molecule has 1 saturated heterocycles. The normalized spacial score (nSPS) is 32.0. The van der Waals surface area contributed by atoms with Crippen LogP contribution in [-0.4, -0.2) is 42.2 Å². The number of rotatable bonds is 4. The summed E-state index contributed by atoms with van der Waals surface area (Å²) in [7, 11) is 0. The Labute approximate surface area is 99.1 Å². The van der Waals surface area contributed by atoms with Gasteiger partial charge in [0.1, 0.15) is 0 Å². The zero-order chi connectivity index (χ0) is 11.6. The van der Waals surface area contributed by atoms with Gasteiger partial charge in [-0.05, 0) is 33.1 Å². The van der Waals surface area contributed by atoms with E-state index in [1.165, 1.54) is 25.8 Å². The molecule has 2 aliphatic rings. The number of nitrogens with one attached hydrogen (secondary N) is 1. The van der Waals surface area contributed by atoms with E-state index >= 15 is 0 Å². The lowest BCUT2D eigenvalue weighted by Gasteiger charge is -2.33. The Morgan fingerprint density at radius 1 is 1.44 bits per heavy atom. The Balaban J connectivity index is 1.93. The van der Waals surface area contributed by atoms with Gasteiger partial charge < -0.3 is 11.1 Å². The molecular weight excluding hydrogens is 198 g/mol. The van der Waals surface area contributed by atoms with Crippen molar-refractivity contribution in [3.63, 3.8) is 0 Å². The number of nitrogens with two attached hydrogens (primary N) is 1. The maximum absolute atomic E-state index is 6.00. The lowest BCUT2D eigenvalue weighted by molar-refractivity contribution is 0.232. The van der Waals surface area contributed by atoms with Crippen LogP contribution in [0.5, 0.6) is 0 Å². The Morgan fingerprint density at radius 3 is 2.62 bits per heavy atom. The highest BCUT2D eigenvalue weighted by molar-refractivity contribution is 5.05. The van der Waals surface area contributed by atoms with Gasteiger partial charge in [0.2, 0.25) is 0 Å². The molecule has 0 saturated carbocycles. The van der Waals surface area contributed by atoms with Gasteiger partial charge in [0.15, 0.2) is 0 Å². The molecule has 1 heterocycles. The van der Waals surface area contributed by atoms with Crippen LogP contribution in [0.4, 0.5) is 0 Å². The molecule has 3 N–H and O–H groups in total. The monoisotopic (exact) mass is 223 g/mol. The van der Waals surface area contributed by atoms with E-state index in [4.69, 9.17) is 5.73 Å². The molecule has 92 valence electrons. The largest absolute Gasteiger partial charge is 0.329 e. The van der Waals surface area contributed by atoms with Crippen molar-refractivity contribution in [3.05, 3.63) is 12.2 Å². The second-order valence-electron chi connectivity index (χ2n) is 5.58. The van der Waals surface area contributed by atoms with Gasteiger partial charge in [-0.25, -0.2) is 0 Å². The third kappa shape index (κ3) is 2.47. The summed E-state index contributed by atoms with van der Waals surface area (Å²) in [5, 5.41) is 3.80. The van der Waals surface area contributed by atoms with Crippen molar-refractivity contribution >= 4 is 0 Å². The SMILES string of the molecule is CC(C)N1CCC(CN)(NC2CC=CC2)C1. The van der Waals surface area contributed by atoms with Crippen molar-refractivity contribution in [3.8, 4) is 0 Å². The van der Waals surface area contributed by atoms with E-state index in [0.717, 1.165) is 13.1 Å². The molecular formula is C13H25N3. The zero-order valence-electron chi connectivity index (χ0n) is 10.6. The van der Waals surface area contributed by atoms with Crippen molar-refractivity contribution in [2.45, 2.75) is 50.7 Å². The maximum Gasteiger partial charge on any atom is 0.0447 e. The number of hydrogen-bond donors (Lipinski definition) is 2. The lowest BCUT2D eigenvalue weighted by Crippen LogP contribution is -2.56. The second-order valence-corrected chi connectivity index (χ2v) is 5.58. The third-order valence-corrected chi connectivity index (χ3v) is 4.02. The minimum atomic E-state index is 0.168. The van der Waals surface area contributed by atoms with Crippen LogP contribution in [0.1, 0.15) is 33.1 Å². The highest BCUT2D eigenvalue weighted by atomic mass is 15.2. The highest BCUT2D eigenvalue weighted by Crippen LogP contribution is 2.25. The van der Waals surface area contributed by atoms with E-state index < -0.39 is 0 Å². The van der Waals surface area contributed by atoms with Crippen LogP contribution < -0.4 is 11.1 Å². The average Bonchev–Trinajstić information content (AvgIpc) is 2.88. The molecule has 0 aromatic carbocycles. The van der Waals surface area contributed by atoms with Crippen LogP contribution in [0, 0.1) is 0 Å². The predicted molar refractivity (Wildman–Crippen MR) is 68.4 cm³/mol. The molecule has 3 nitrogen and oxygen atoms in total. The van der Waals surface area contributed by atoms with Gasteiger partial charge in [-0.15, -0.1) is 0 Å². The summed E-state index contributed by atoms with van der Waals surface area (Å²) in [5.41, 5.74) is 6.17. The second kappa shape index (κ2) is 4.86. The van der Waals surface area contributed by atoms with Crippen molar-refractivity contribution in [2.24, 2.45) is 5.73 Å². The molecule has 0 radical (unpaired) electrons. The molecule has 1 aliphatic heterocycles. The molecule has 1 fully saturated rings. The van der Waals surface area contributed by atoms with Crippen molar-refractivity contribution in [2.75, 3.05) is 19.6 Å². The fraction of sp³-hybridized carbons (Fsp3) is 0.846. The molecule has 0 aromatic rings. The van der Waals surface area contributed by atoms with Crippen LogP contribution in [0.2, 0.25) is 0 Å². The van der Waals surface area contributed by atoms with E-state index in [2.05, 4.69) is 36.2 Å². The Morgan fingerprint density at radius 2 is 2.12 bits per heavy atom. The maximum atomic E-state index is 6.00. The standard InChI is InChI=1S/C13H25N3/c1-11(2)16-8-7-13(9-14,10-16)15-12-5-3-4-6-12/h3-4,11-12,15H,5-10,14H2,1-2H3. The van der Waals surface area contributed by atoms with Crippen molar-refractivity contribution in [1.29, 1.82) is 0 Å². The van der Waals surface area contributed by atoms with Gasteiger partial charge in [-0.1, -0.05) is 12.2 Å². The number of hydrogen-bond acceptors (Lipinski definition) is 3. The molecule has 0 amide bonds. The van der Waals surface area contributed by atoms with E-state index in [-0.39, 0.29) is 5.54 Å². The molecule has 16 heavy (non-hydrogen) atoms. The van der Waals surface area contributed by atoms with E-state index in [0.29, 0.717) is 12.1 Å². The Bertz CT molecular complexity index is 254. The average molecular weight is 223 g/mol. The van der Waals surface area contributed by atoms with Crippen molar-refractivity contribution in [1.82, 2.24) is 10.2 Å². The van der Waals surface area contributed by atoms with Crippen LogP contribution in [-0.2, 0) is 0 Å². The van der Waals surface area contributed by atoms with Crippen molar-refractivity contribution < 1.29 is 0 Å². The quantitative estimate of drug-likeness (QED) is 0.701. The van der Waals surface area contributed by atoms with Gasteiger partial charge in [-0.2, -0.15) is 0 Å². The van der Waals surface area contributed by atoms with E-state index in [9.17, 15) is 0 Å². The summed E-state index contributed by atoms with van der Waals surface area (Å²) in [6.07, 6.45) is 8.08. The molecule has 1 aliphatic carbocycles. The molecule has 1 unspecified atom stereocenters. The molecule has 1 atom stereocenters. The molecule has 2 rings (SSSR count). The number of nitrogens with zero attached hydrogens (tertiary/aromatic N) is 1. The molecule has 0 bridgehead atoms. The van der Waals surface area contributed by atoms with Gasteiger partial charge in [0.25, 0.3) is 0 Å². The molecule has 0 aromatic heterocycles. The summed E-state index contributed by atoms with van der Waals surface area (Å²) < 4.78 is 0. The first-order valence-electron chi connectivity index (χ1n) is 6.52. The minimum absolute atomic E-state index is 0.168. The molecule has 3 heteroatoms. The minimum Gasteiger partial charge on any atom is -0.329 e. The fourth-order valence-electron chi connectivity index (χ4n) is 2.86.